The minimum Gasteiger partial charge on any atom is -0.507 e. The number of rotatable bonds is 4. The van der Waals surface area contributed by atoms with Gasteiger partial charge in [-0.2, -0.15) is 0 Å². The number of nitrogens with one attached hydrogen (secondary N) is 1. The van der Waals surface area contributed by atoms with Crippen LogP contribution in [-0.2, 0) is 9.59 Å². The highest BCUT2D eigenvalue weighted by Crippen LogP contribution is 2.43. The second kappa shape index (κ2) is 9.22. The van der Waals surface area contributed by atoms with Crippen molar-refractivity contribution in [3.05, 3.63) is 96.0 Å². The molecular formula is C29H27N5O3. The number of ketones is 1. The molecule has 37 heavy (non-hydrogen) atoms. The van der Waals surface area contributed by atoms with Crippen molar-refractivity contribution >= 4 is 39.7 Å². The Morgan fingerprint density at radius 3 is 2.41 bits per heavy atom. The van der Waals surface area contributed by atoms with Gasteiger partial charge in [-0.1, -0.05) is 24.3 Å². The number of carbonyl (C=O) groups excluding carboxylic acids is 2. The molecule has 2 aliphatic rings. The average Bonchev–Trinajstić information content (AvgIpc) is 3.48. The number of aromatic amines is 1. The number of H-pyrrole nitrogens is 1. The van der Waals surface area contributed by atoms with Gasteiger partial charge in [0.1, 0.15) is 5.76 Å². The number of amides is 1. The van der Waals surface area contributed by atoms with Gasteiger partial charge >= 0.3 is 0 Å². The molecule has 8 heteroatoms. The smallest absolute Gasteiger partial charge is 0.300 e. The molecule has 1 atom stereocenters. The molecule has 0 bridgehead atoms. The summed E-state index contributed by atoms with van der Waals surface area (Å²) in [6.45, 7) is 3.85. The zero-order chi connectivity index (χ0) is 25.5. The summed E-state index contributed by atoms with van der Waals surface area (Å²) >= 11 is 0. The molecule has 4 aromatic rings. The number of hydrogen-bond acceptors (Lipinski definition) is 6. The average molecular weight is 494 g/mol. The Morgan fingerprint density at radius 2 is 1.68 bits per heavy atom. The minimum absolute atomic E-state index is 0.0471. The fraction of sp³-hybridized carbons (Fsp3) is 0.207. The van der Waals surface area contributed by atoms with E-state index in [-0.39, 0.29) is 11.3 Å². The van der Waals surface area contributed by atoms with Gasteiger partial charge in [-0.05, 0) is 49.0 Å². The number of carbonyl (C=O) groups is 2. The van der Waals surface area contributed by atoms with Gasteiger partial charge in [0.2, 0.25) is 0 Å². The van der Waals surface area contributed by atoms with Crippen LogP contribution in [0.25, 0.3) is 16.7 Å². The predicted octanol–water partition coefficient (Wildman–Crippen LogP) is 3.94. The zero-order valence-electron chi connectivity index (χ0n) is 20.5. The molecule has 8 nitrogen and oxygen atoms in total. The Labute approximate surface area is 214 Å². The van der Waals surface area contributed by atoms with Gasteiger partial charge in [-0.25, -0.2) is 0 Å². The number of pyridine rings is 1. The number of nitrogens with zero attached hydrogens (tertiary/aromatic N) is 4. The van der Waals surface area contributed by atoms with Crippen LogP contribution in [0.5, 0.6) is 0 Å². The van der Waals surface area contributed by atoms with Gasteiger partial charge in [0.05, 0.1) is 11.6 Å². The van der Waals surface area contributed by atoms with Gasteiger partial charge in [-0.3, -0.25) is 19.5 Å². The van der Waals surface area contributed by atoms with E-state index in [2.05, 4.69) is 26.8 Å². The highest BCUT2D eigenvalue weighted by molar-refractivity contribution is 6.51. The van der Waals surface area contributed by atoms with E-state index < -0.39 is 17.7 Å². The number of Topliss-reactive ketones (excluding diaryl/α,β-unsaturated/α-hetero) is 1. The third kappa shape index (κ3) is 3.95. The van der Waals surface area contributed by atoms with Crippen molar-refractivity contribution in [2.75, 3.05) is 43.0 Å². The number of aliphatic hydroxyl groups excluding tert-OH is 1. The Morgan fingerprint density at radius 1 is 0.946 bits per heavy atom. The van der Waals surface area contributed by atoms with Crippen molar-refractivity contribution < 1.29 is 14.7 Å². The molecule has 2 N–H and O–H groups in total. The van der Waals surface area contributed by atoms with Crippen molar-refractivity contribution in [1.29, 1.82) is 0 Å². The lowest BCUT2D eigenvalue weighted by Crippen LogP contribution is -2.44. The lowest BCUT2D eigenvalue weighted by molar-refractivity contribution is -0.132. The van der Waals surface area contributed by atoms with Crippen molar-refractivity contribution in [2.24, 2.45) is 0 Å². The molecular weight excluding hydrogens is 466 g/mol. The Bertz CT molecular complexity index is 1500. The van der Waals surface area contributed by atoms with Crippen LogP contribution in [0.2, 0.25) is 0 Å². The number of hydrogen-bond donors (Lipinski definition) is 2. The predicted molar refractivity (Wildman–Crippen MR) is 143 cm³/mol. The number of likely N-dealkylation sites (N-methyl/N-ethyl adjacent to an activating group) is 1. The molecule has 1 amide bonds. The first-order chi connectivity index (χ1) is 18.0. The fourth-order valence-corrected chi connectivity index (χ4v) is 5.25. The molecule has 186 valence electrons. The van der Waals surface area contributed by atoms with E-state index in [1.54, 1.807) is 24.7 Å². The largest absolute Gasteiger partial charge is 0.507 e. The van der Waals surface area contributed by atoms with Crippen LogP contribution in [0, 0.1) is 0 Å². The second-order valence-electron chi connectivity index (χ2n) is 9.51. The minimum atomic E-state index is -0.808. The number of para-hydroxylation sites is 1. The SMILES string of the molecule is CN1CCN(c2ccc(N3C(=O)C(=O)/C(=C(\O)c4c[nH]c5ccccc45)C3c3cccnc3)cc2)CC1. The van der Waals surface area contributed by atoms with Gasteiger partial charge in [0, 0.05) is 72.6 Å². The highest BCUT2D eigenvalue weighted by Gasteiger charge is 2.47. The maximum Gasteiger partial charge on any atom is 0.300 e. The van der Waals surface area contributed by atoms with Crippen LogP contribution >= 0.6 is 0 Å². The van der Waals surface area contributed by atoms with Crippen LogP contribution in [0.1, 0.15) is 17.2 Å². The summed E-state index contributed by atoms with van der Waals surface area (Å²) in [7, 11) is 2.12. The summed E-state index contributed by atoms with van der Waals surface area (Å²) in [4.78, 5) is 40.3. The van der Waals surface area contributed by atoms with E-state index in [0.717, 1.165) is 42.8 Å². The van der Waals surface area contributed by atoms with E-state index >= 15 is 0 Å². The van der Waals surface area contributed by atoms with E-state index in [1.165, 1.54) is 4.90 Å². The van der Waals surface area contributed by atoms with Gasteiger partial charge in [0.25, 0.3) is 11.7 Å². The molecule has 4 heterocycles. The number of fused-ring (bicyclic) bond motifs is 1. The lowest BCUT2D eigenvalue weighted by atomic mass is 9.96. The van der Waals surface area contributed by atoms with Crippen molar-refractivity contribution in [1.82, 2.24) is 14.9 Å². The van der Waals surface area contributed by atoms with Gasteiger partial charge < -0.3 is 19.9 Å². The van der Waals surface area contributed by atoms with Crippen LogP contribution in [0.3, 0.4) is 0 Å². The number of anilines is 2. The first-order valence-electron chi connectivity index (χ1n) is 12.3. The number of piperazine rings is 1. The van der Waals surface area contributed by atoms with Crippen LogP contribution in [0.15, 0.2) is 84.8 Å². The molecule has 2 aliphatic heterocycles. The number of benzene rings is 2. The van der Waals surface area contributed by atoms with Crippen molar-refractivity contribution in [2.45, 2.75) is 6.04 Å². The van der Waals surface area contributed by atoms with Crippen LogP contribution < -0.4 is 9.80 Å². The maximum absolute atomic E-state index is 13.4. The summed E-state index contributed by atoms with van der Waals surface area (Å²) in [5.74, 6) is -1.61. The Balaban J connectivity index is 1.44. The third-order valence-corrected chi connectivity index (χ3v) is 7.29. The summed E-state index contributed by atoms with van der Waals surface area (Å²) in [5, 5.41) is 12.2. The summed E-state index contributed by atoms with van der Waals surface area (Å²) in [6.07, 6.45) is 4.93. The Hall–Kier alpha value is -4.43. The fourth-order valence-electron chi connectivity index (χ4n) is 5.25. The molecule has 2 aromatic heterocycles. The molecule has 0 saturated carbocycles. The molecule has 2 saturated heterocycles. The van der Waals surface area contributed by atoms with Crippen LogP contribution in [0.4, 0.5) is 11.4 Å². The quantitative estimate of drug-likeness (QED) is 0.254. The third-order valence-electron chi connectivity index (χ3n) is 7.29. The van der Waals surface area contributed by atoms with Gasteiger partial charge in [-0.15, -0.1) is 0 Å². The highest BCUT2D eigenvalue weighted by atomic mass is 16.3. The lowest BCUT2D eigenvalue weighted by Gasteiger charge is -2.34. The topological polar surface area (TPSA) is 92.8 Å². The molecule has 2 aromatic carbocycles. The van der Waals surface area contributed by atoms with E-state index in [9.17, 15) is 14.7 Å². The molecule has 1 unspecified atom stereocenters. The zero-order valence-corrected chi connectivity index (χ0v) is 20.5. The van der Waals surface area contributed by atoms with E-state index in [1.807, 2.05) is 54.6 Å². The molecule has 0 spiro atoms. The molecule has 0 aliphatic carbocycles. The first kappa shape index (κ1) is 23.0. The molecule has 6 rings (SSSR count). The van der Waals surface area contributed by atoms with Crippen molar-refractivity contribution in [3.63, 3.8) is 0 Å². The molecule has 2 fully saturated rings. The molecule has 0 radical (unpaired) electrons. The monoisotopic (exact) mass is 493 g/mol. The van der Waals surface area contributed by atoms with Gasteiger partial charge in [0.15, 0.2) is 0 Å². The standard InChI is InChI=1S/C29H27N5O3/c1-32-13-15-33(16-14-32)20-8-10-21(11-9-20)34-26(19-5-4-12-30-17-19)25(28(36)29(34)37)27(35)23-18-31-24-7-3-2-6-22(23)24/h2-12,17-18,26,31,35H,13-16H2,1H3/b27-25-. The van der Waals surface area contributed by atoms with Crippen LogP contribution in [-0.4, -0.2) is 64.9 Å². The summed E-state index contributed by atoms with van der Waals surface area (Å²) in [5.41, 5.74) is 3.66. The second-order valence-corrected chi connectivity index (χ2v) is 9.51. The van der Waals surface area contributed by atoms with Crippen molar-refractivity contribution in [3.8, 4) is 0 Å². The summed E-state index contributed by atoms with van der Waals surface area (Å²) in [6, 6.07) is 18.0. The summed E-state index contributed by atoms with van der Waals surface area (Å²) < 4.78 is 0. The Kier molecular flexibility index (Phi) is 5.73. The first-order valence-corrected chi connectivity index (χ1v) is 12.3. The maximum atomic E-state index is 13.4. The van der Waals surface area contributed by atoms with E-state index in [4.69, 9.17) is 0 Å². The number of aliphatic hydroxyl groups is 1. The normalized spacial score (nSPS) is 20.2. The van der Waals surface area contributed by atoms with E-state index in [0.29, 0.717) is 16.8 Å². The number of aromatic nitrogens is 2.